The highest BCUT2D eigenvalue weighted by molar-refractivity contribution is 14.1. The predicted molar refractivity (Wildman–Crippen MR) is 106 cm³/mol. The molecule has 0 radical (unpaired) electrons. The van der Waals surface area contributed by atoms with Gasteiger partial charge in [-0.15, -0.1) is 0 Å². The van der Waals surface area contributed by atoms with Crippen molar-refractivity contribution in [2.45, 2.75) is 6.42 Å². The first-order valence-corrected chi connectivity index (χ1v) is 9.26. The van der Waals surface area contributed by atoms with Gasteiger partial charge < -0.3 is 0 Å². The van der Waals surface area contributed by atoms with E-state index in [2.05, 4.69) is 38.5 Å². The summed E-state index contributed by atoms with van der Waals surface area (Å²) in [6.07, 6.45) is 0.219. The summed E-state index contributed by atoms with van der Waals surface area (Å²) in [5.74, 6) is -0.456. The Morgan fingerprint density at radius 3 is 2.33 bits per heavy atom. The van der Waals surface area contributed by atoms with Crippen molar-refractivity contribution in [3.8, 4) is 0 Å². The maximum atomic E-state index is 13.1. The highest BCUT2D eigenvalue weighted by Gasteiger charge is 2.33. The molecule has 0 saturated carbocycles. The first-order chi connectivity index (χ1) is 11.6. The summed E-state index contributed by atoms with van der Waals surface area (Å²) in [5.41, 5.74) is 2.01. The lowest BCUT2D eigenvalue weighted by Gasteiger charge is -2.28. The summed E-state index contributed by atoms with van der Waals surface area (Å²) in [5, 5.41) is 1.84. The first-order valence-electron chi connectivity index (χ1n) is 7.39. The van der Waals surface area contributed by atoms with E-state index in [1.54, 1.807) is 0 Å². The van der Waals surface area contributed by atoms with Crippen molar-refractivity contribution in [1.82, 2.24) is 0 Å². The topological polar surface area (TPSA) is 37.4 Å². The zero-order valence-corrected chi connectivity index (χ0v) is 16.2. The quantitative estimate of drug-likeness (QED) is 0.357. The minimum Gasteiger partial charge on any atom is -0.274 e. The van der Waals surface area contributed by atoms with Crippen LogP contribution >= 0.6 is 38.5 Å². The number of rotatable bonds is 1. The van der Waals surface area contributed by atoms with E-state index >= 15 is 0 Å². The lowest BCUT2D eigenvalue weighted by molar-refractivity contribution is -0.117. The van der Waals surface area contributed by atoms with Crippen molar-refractivity contribution in [2.75, 3.05) is 4.90 Å². The van der Waals surface area contributed by atoms with Crippen LogP contribution in [0.2, 0.25) is 0 Å². The predicted octanol–water partition coefficient (Wildman–Crippen LogP) is 4.94. The number of hydrogen-bond acceptors (Lipinski definition) is 2. The Bertz CT molecular complexity index is 998. The van der Waals surface area contributed by atoms with Gasteiger partial charge in [-0.25, -0.2) is 4.90 Å². The van der Waals surface area contributed by atoms with Crippen molar-refractivity contribution in [2.24, 2.45) is 0 Å². The van der Waals surface area contributed by atoms with Gasteiger partial charge in [-0.2, -0.15) is 0 Å². The molecule has 5 heteroatoms. The second-order valence-electron chi connectivity index (χ2n) is 5.63. The molecule has 0 aliphatic carbocycles. The van der Waals surface area contributed by atoms with Crippen LogP contribution in [0, 0.1) is 3.57 Å². The van der Waals surface area contributed by atoms with Gasteiger partial charge in [0.25, 0.3) is 5.91 Å². The Morgan fingerprint density at radius 1 is 0.958 bits per heavy atom. The van der Waals surface area contributed by atoms with Crippen molar-refractivity contribution in [3.63, 3.8) is 0 Å². The van der Waals surface area contributed by atoms with Crippen LogP contribution < -0.4 is 4.90 Å². The Balaban J connectivity index is 1.94. The van der Waals surface area contributed by atoms with Crippen LogP contribution in [0.15, 0.2) is 59.1 Å². The number of nitrogens with zero attached hydrogens (tertiary/aromatic N) is 1. The van der Waals surface area contributed by atoms with Gasteiger partial charge in [0.2, 0.25) is 5.91 Å². The monoisotopic (exact) mass is 491 g/mol. The molecular weight excluding hydrogens is 481 g/mol. The number of anilines is 1. The third kappa shape index (κ3) is 2.46. The van der Waals surface area contributed by atoms with E-state index in [0.717, 1.165) is 24.4 Å². The fourth-order valence-corrected chi connectivity index (χ4v) is 4.08. The summed E-state index contributed by atoms with van der Waals surface area (Å²) >= 11 is 5.75. The van der Waals surface area contributed by atoms with Crippen LogP contribution in [0.5, 0.6) is 0 Å². The van der Waals surface area contributed by atoms with E-state index in [9.17, 15) is 9.59 Å². The Hall–Kier alpha value is -1.73. The minimum absolute atomic E-state index is 0.198. The van der Waals surface area contributed by atoms with Gasteiger partial charge in [-0.3, -0.25) is 9.59 Å². The second kappa shape index (κ2) is 5.97. The smallest absolute Gasteiger partial charge is 0.265 e. The van der Waals surface area contributed by atoms with Gasteiger partial charge in [0, 0.05) is 8.04 Å². The normalized spacial score (nSPS) is 14.2. The molecule has 0 aromatic heterocycles. The van der Waals surface area contributed by atoms with Crippen LogP contribution in [-0.2, 0) is 11.2 Å². The fraction of sp³-hybridized carbons (Fsp3) is 0.0526. The van der Waals surface area contributed by atoms with E-state index in [-0.39, 0.29) is 18.2 Å². The zero-order chi connectivity index (χ0) is 16.8. The standard InChI is InChI=1S/C19H11BrINO2/c20-16-9-11-10-17(23)22(13-7-5-12(21)6-8-13)19(24)18(11)15-4-2-1-3-14(15)16/h1-9H,10H2. The maximum absolute atomic E-state index is 13.1. The molecule has 0 bridgehead atoms. The molecule has 0 spiro atoms. The molecule has 3 nitrogen and oxygen atoms in total. The second-order valence-corrected chi connectivity index (χ2v) is 7.73. The average molecular weight is 492 g/mol. The lowest BCUT2D eigenvalue weighted by atomic mass is 9.92. The van der Waals surface area contributed by atoms with E-state index in [1.165, 1.54) is 4.90 Å². The lowest BCUT2D eigenvalue weighted by Crippen LogP contribution is -2.42. The summed E-state index contributed by atoms with van der Waals surface area (Å²) in [4.78, 5) is 27.0. The highest BCUT2D eigenvalue weighted by Crippen LogP contribution is 2.35. The van der Waals surface area contributed by atoms with Gasteiger partial charge in [0.1, 0.15) is 0 Å². The van der Waals surface area contributed by atoms with E-state index < -0.39 is 0 Å². The highest BCUT2D eigenvalue weighted by atomic mass is 127. The third-order valence-corrected chi connectivity index (χ3v) is 5.54. The number of benzene rings is 3. The zero-order valence-electron chi connectivity index (χ0n) is 12.4. The van der Waals surface area contributed by atoms with E-state index in [0.29, 0.717) is 11.3 Å². The van der Waals surface area contributed by atoms with Crippen molar-refractivity contribution in [3.05, 3.63) is 73.8 Å². The molecular formula is C19H11BrINO2. The van der Waals surface area contributed by atoms with Crippen LogP contribution in [0.3, 0.4) is 0 Å². The molecule has 4 rings (SSSR count). The fourth-order valence-electron chi connectivity index (χ4n) is 3.10. The summed E-state index contributed by atoms with van der Waals surface area (Å²) in [6.45, 7) is 0. The minimum atomic E-state index is -0.258. The van der Waals surface area contributed by atoms with Crippen LogP contribution in [-0.4, -0.2) is 11.8 Å². The van der Waals surface area contributed by atoms with Gasteiger partial charge in [-0.1, -0.05) is 40.2 Å². The number of amides is 2. The van der Waals surface area contributed by atoms with E-state index in [1.807, 2.05) is 54.6 Å². The number of hydrogen-bond donors (Lipinski definition) is 0. The number of fused-ring (bicyclic) bond motifs is 3. The number of carbonyl (C=O) groups excluding carboxylic acids is 2. The molecule has 1 aliphatic rings. The van der Waals surface area contributed by atoms with Crippen molar-refractivity contribution >= 4 is 66.8 Å². The Kier molecular flexibility index (Phi) is 3.92. The first kappa shape index (κ1) is 15.8. The number of halogens is 2. The maximum Gasteiger partial charge on any atom is 0.265 e. The van der Waals surface area contributed by atoms with Crippen LogP contribution in [0.25, 0.3) is 10.8 Å². The van der Waals surface area contributed by atoms with Gasteiger partial charge in [-0.05, 0) is 69.3 Å². The molecule has 0 fully saturated rings. The molecule has 3 aromatic carbocycles. The molecule has 118 valence electrons. The van der Waals surface area contributed by atoms with Gasteiger partial charge in [0.05, 0.1) is 17.7 Å². The van der Waals surface area contributed by atoms with Crippen LogP contribution in [0.1, 0.15) is 15.9 Å². The molecule has 0 N–H and O–H groups in total. The van der Waals surface area contributed by atoms with Gasteiger partial charge >= 0.3 is 0 Å². The molecule has 3 aromatic rings. The number of carbonyl (C=O) groups is 2. The molecule has 0 atom stereocenters. The molecule has 24 heavy (non-hydrogen) atoms. The van der Waals surface area contributed by atoms with Crippen molar-refractivity contribution < 1.29 is 9.59 Å². The number of imide groups is 1. The van der Waals surface area contributed by atoms with E-state index in [4.69, 9.17) is 0 Å². The summed E-state index contributed by atoms with van der Waals surface area (Å²) in [6, 6.07) is 17.0. The third-order valence-electron chi connectivity index (χ3n) is 4.17. The molecule has 2 amide bonds. The summed E-state index contributed by atoms with van der Waals surface area (Å²) < 4.78 is 1.96. The molecule has 0 unspecified atom stereocenters. The molecule has 0 saturated heterocycles. The largest absolute Gasteiger partial charge is 0.274 e. The Morgan fingerprint density at radius 2 is 1.62 bits per heavy atom. The van der Waals surface area contributed by atoms with Gasteiger partial charge in [0.15, 0.2) is 0 Å². The Labute approximate surface area is 160 Å². The SMILES string of the molecule is O=C1Cc2cc(Br)c3ccccc3c2C(=O)N1c1ccc(I)cc1. The van der Waals surface area contributed by atoms with Crippen LogP contribution in [0.4, 0.5) is 5.69 Å². The van der Waals surface area contributed by atoms with Crippen molar-refractivity contribution in [1.29, 1.82) is 0 Å². The summed E-state index contributed by atoms with van der Waals surface area (Å²) in [7, 11) is 0. The molecule has 1 aliphatic heterocycles. The molecule has 1 heterocycles. The average Bonchev–Trinajstić information content (AvgIpc) is 2.56.